The van der Waals surface area contributed by atoms with Crippen LogP contribution in [0.15, 0.2) is 54.1 Å². The van der Waals surface area contributed by atoms with Gasteiger partial charge in [-0.3, -0.25) is 0 Å². The van der Waals surface area contributed by atoms with E-state index in [9.17, 15) is 14.0 Å². The second-order valence-electron chi connectivity index (χ2n) is 5.87. The highest BCUT2D eigenvalue weighted by Crippen LogP contribution is 2.26. The van der Waals surface area contributed by atoms with E-state index < -0.39 is 23.5 Å². The van der Waals surface area contributed by atoms with Crippen LogP contribution in [0.25, 0.3) is 6.08 Å². The Labute approximate surface area is 143 Å². The number of carbonyl (C=O) groups is 2. The zero-order chi connectivity index (χ0) is 18.0. The molecule has 0 spiro atoms. The maximum Gasteiger partial charge on any atom is 0.348 e. The fraction of sp³-hybridized carbons (Fsp3) is 0.158. The molecule has 0 aromatic heterocycles. The molecule has 0 radical (unpaired) electrons. The summed E-state index contributed by atoms with van der Waals surface area (Å²) in [6.07, 6.45) is 1.38. The van der Waals surface area contributed by atoms with Crippen LogP contribution in [-0.4, -0.2) is 17.7 Å². The number of esters is 2. The Hall–Kier alpha value is -3.15. The van der Waals surface area contributed by atoms with Crippen LogP contribution in [0.1, 0.15) is 19.4 Å². The van der Waals surface area contributed by atoms with Crippen LogP contribution in [-0.2, 0) is 19.1 Å². The van der Waals surface area contributed by atoms with Crippen LogP contribution < -0.4 is 4.74 Å². The van der Waals surface area contributed by atoms with Gasteiger partial charge in [0, 0.05) is 19.9 Å². The van der Waals surface area contributed by atoms with Gasteiger partial charge in [0.25, 0.3) is 5.79 Å². The van der Waals surface area contributed by atoms with Gasteiger partial charge in [-0.2, -0.15) is 0 Å². The Morgan fingerprint density at radius 2 is 1.60 bits per heavy atom. The molecule has 6 heteroatoms. The summed E-state index contributed by atoms with van der Waals surface area (Å²) >= 11 is 0. The second-order valence-corrected chi connectivity index (χ2v) is 5.87. The highest BCUT2D eigenvalue weighted by atomic mass is 19.1. The Kier molecular flexibility index (Phi) is 4.27. The number of ether oxygens (including phenoxy) is 3. The van der Waals surface area contributed by atoms with E-state index in [0.29, 0.717) is 17.1 Å². The van der Waals surface area contributed by atoms with Gasteiger partial charge < -0.3 is 14.2 Å². The molecule has 0 saturated carbocycles. The minimum atomic E-state index is -1.27. The number of rotatable bonds is 3. The molecule has 0 amide bonds. The van der Waals surface area contributed by atoms with Gasteiger partial charge in [0.15, 0.2) is 0 Å². The Bertz CT molecular complexity index is 830. The molecule has 2 aromatic carbocycles. The normalized spacial score (nSPS) is 16.0. The molecule has 1 aliphatic heterocycles. The summed E-state index contributed by atoms with van der Waals surface area (Å²) in [6, 6.07) is 12.4. The fourth-order valence-electron chi connectivity index (χ4n) is 2.24. The van der Waals surface area contributed by atoms with Crippen LogP contribution in [0, 0.1) is 5.82 Å². The molecule has 0 bridgehead atoms. The number of halogens is 1. The van der Waals surface area contributed by atoms with E-state index in [1.54, 1.807) is 36.4 Å². The first-order valence-electron chi connectivity index (χ1n) is 7.54. The smallest absolute Gasteiger partial charge is 0.348 e. The molecule has 5 nitrogen and oxygen atoms in total. The molecule has 1 heterocycles. The Morgan fingerprint density at radius 3 is 2.20 bits per heavy atom. The van der Waals surface area contributed by atoms with Crippen LogP contribution in [0.3, 0.4) is 0 Å². The van der Waals surface area contributed by atoms with Crippen molar-refractivity contribution in [2.75, 3.05) is 0 Å². The van der Waals surface area contributed by atoms with E-state index in [2.05, 4.69) is 0 Å². The van der Waals surface area contributed by atoms with E-state index in [1.807, 2.05) is 0 Å². The molecule has 0 unspecified atom stereocenters. The molecule has 1 aliphatic rings. The summed E-state index contributed by atoms with van der Waals surface area (Å²) in [6.45, 7) is 2.97. The second kappa shape index (κ2) is 6.39. The predicted molar refractivity (Wildman–Crippen MR) is 87.2 cm³/mol. The first-order valence-corrected chi connectivity index (χ1v) is 7.54. The summed E-state index contributed by atoms with van der Waals surface area (Å²) in [5.41, 5.74) is 0.410. The van der Waals surface area contributed by atoms with Gasteiger partial charge in [-0.15, -0.1) is 0 Å². The third-order valence-electron chi connectivity index (χ3n) is 3.34. The van der Waals surface area contributed by atoms with E-state index in [4.69, 9.17) is 14.2 Å². The van der Waals surface area contributed by atoms with E-state index in [-0.39, 0.29) is 5.57 Å². The molecule has 25 heavy (non-hydrogen) atoms. The van der Waals surface area contributed by atoms with E-state index in [1.165, 1.54) is 32.1 Å². The molecular weight excluding hydrogens is 327 g/mol. The van der Waals surface area contributed by atoms with Gasteiger partial charge in [0.2, 0.25) is 0 Å². The maximum absolute atomic E-state index is 13.1. The van der Waals surface area contributed by atoms with Crippen molar-refractivity contribution >= 4 is 18.0 Å². The lowest BCUT2D eigenvalue weighted by atomic mass is 10.1. The Balaban J connectivity index is 1.76. The lowest BCUT2D eigenvalue weighted by Gasteiger charge is -2.29. The van der Waals surface area contributed by atoms with Crippen LogP contribution >= 0.6 is 0 Å². The molecule has 128 valence electrons. The number of cyclic esters (lactones) is 2. The van der Waals surface area contributed by atoms with Gasteiger partial charge in [-0.05, 0) is 35.9 Å². The number of hydrogen-bond donors (Lipinski definition) is 0. The van der Waals surface area contributed by atoms with Crippen molar-refractivity contribution in [3.05, 3.63) is 65.5 Å². The van der Waals surface area contributed by atoms with Gasteiger partial charge in [0.1, 0.15) is 22.9 Å². The van der Waals surface area contributed by atoms with Crippen LogP contribution in [0.4, 0.5) is 4.39 Å². The molecule has 0 atom stereocenters. The fourth-order valence-corrected chi connectivity index (χ4v) is 2.24. The van der Waals surface area contributed by atoms with Crippen molar-refractivity contribution in [3.63, 3.8) is 0 Å². The molecular formula is C19H15FO5. The largest absolute Gasteiger partial charge is 0.457 e. The molecule has 1 fully saturated rings. The lowest BCUT2D eigenvalue weighted by molar-refractivity contribution is -0.222. The summed E-state index contributed by atoms with van der Waals surface area (Å²) in [5.74, 6) is -2.28. The monoisotopic (exact) mass is 342 g/mol. The zero-order valence-electron chi connectivity index (χ0n) is 13.6. The highest BCUT2D eigenvalue weighted by Gasteiger charge is 2.38. The summed E-state index contributed by atoms with van der Waals surface area (Å²) < 4.78 is 28.7. The summed E-state index contributed by atoms with van der Waals surface area (Å²) in [5, 5.41) is 0. The quantitative estimate of drug-likeness (QED) is 0.482. The summed E-state index contributed by atoms with van der Waals surface area (Å²) in [7, 11) is 0. The van der Waals surface area contributed by atoms with Gasteiger partial charge in [0.05, 0.1) is 0 Å². The average molecular weight is 342 g/mol. The zero-order valence-corrected chi connectivity index (χ0v) is 13.6. The topological polar surface area (TPSA) is 61.8 Å². The first kappa shape index (κ1) is 16.7. The van der Waals surface area contributed by atoms with Crippen molar-refractivity contribution in [1.29, 1.82) is 0 Å². The standard InChI is InChI=1S/C19H15FO5/c1-19(2)24-17(21)16(18(22)25-19)10-12-6-8-14(9-7-12)23-15-5-3-4-13(20)11-15/h3-11H,1-2H3. The van der Waals surface area contributed by atoms with Crippen LogP contribution in [0.5, 0.6) is 11.5 Å². The minimum absolute atomic E-state index is 0.182. The van der Waals surface area contributed by atoms with Crippen molar-refractivity contribution in [2.24, 2.45) is 0 Å². The number of benzene rings is 2. The average Bonchev–Trinajstić information content (AvgIpc) is 2.52. The molecule has 1 saturated heterocycles. The molecule has 0 aliphatic carbocycles. The third-order valence-corrected chi connectivity index (χ3v) is 3.34. The van der Waals surface area contributed by atoms with Crippen LogP contribution in [0.2, 0.25) is 0 Å². The van der Waals surface area contributed by atoms with Crippen molar-refractivity contribution in [1.82, 2.24) is 0 Å². The van der Waals surface area contributed by atoms with Gasteiger partial charge in [-0.25, -0.2) is 14.0 Å². The minimum Gasteiger partial charge on any atom is -0.457 e. The highest BCUT2D eigenvalue weighted by molar-refractivity contribution is 6.18. The first-order chi connectivity index (χ1) is 11.8. The molecule has 3 rings (SSSR count). The van der Waals surface area contributed by atoms with E-state index >= 15 is 0 Å². The predicted octanol–water partition coefficient (Wildman–Crippen LogP) is 3.84. The summed E-state index contributed by atoms with van der Waals surface area (Å²) in [4.78, 5) is 23.8. The Morgan fingerprint density at radius 1 is 0.960 bits per heavy atom. The number of carbonyl (C=O) groups excluding carboxylic acids is 2. The van der Waals surface area contributed by atoms with Crippen molar-refractivity contribution in [2.45, 2.75) is 19.6 Å². The molecule has 0 N–H and O–H groups in total. The SMILES string of the molecule is CC1(C)OC(=O)C(=Cc2ccc(Oc3cccc(F)c3)cc2)C(=O)O1. The van der Waals surface area contributed by atoms with Crippen molar-refractivity contribution in [3.8, 4) is 11.5 Å². The van der Waals surface area contributed by atoms with Crippen molar-refractivity contribution < 1.29 is 28.2 Å². The number of hydrogen-bond acceptors (Lipinski definition) is 5. The third kappa shape index (κ3) is 4.03. The molecule has 2 aromatic rings. The van der Waals surface area contributed by atoms with Gasteiger partial charge in [-0.1, -0.05) is 18.2 Å². The van der Waals surface area contributed by atoms with E-state index in [0.717, 1.165) is 0 Å². The van der Waals surface area contributed by atoms with Gasteiger partial charge >= 0.3 is 11.9 Å². The lowest BCUT2D eigenvalue weighted by Crippen LogP contribution is -2.41. The maximum atomic E-state index is 13.1.